The van der Waals surface area contributed by atoms with Crippen molar-refractivity contribution >= 4 is 27.5 Å². The second-order valence-corrected chi connectivity index (χ2v) is 5.54. The Morgan fingerprint density at radius 3 is 2.62 bits per heavy atom. The summed E-state index contributed by atoms with van der Waals surface area (Å²) in [5, 5.41) is 2.50. The van der Waals surface area contributed by atoms with E-state index in [0.717, 1.165) is 29.9 Å². The van der Waals surface area contributed by atoms with Crippen LogP contribution in [-0.2, 0) is 6.42 Å². The topological polar surface area (TPSA) is 38.3 Å². The second kappa shape index (κ2) is 5.44. The molecular weight excluding hydrogens is 344 g/mol. The highest BCUT2D eigenvalue weighted by atomic mass is 79.9. The highest BCUT2D eigenvalue weighted by molar-refractivity contribution is 9.10. The number of anilines is 1. The highest BCUT2D eigenvalue weighted by Gasteiger charge is 2.19. The van der Waals surface area contributed by atoms with Crippen LogP contribution >= 0.6 is 15.9 Å². The molecule has 1 amide bonds. The van der Waals surface area contributed by atoms with Crippen molar-refractivity contribution in [1.82, 2.24) is 0 Å². The van der Waals surface area contributed by atoms with Crippen LogP contribution in [-0.4, -0.2) is 12.5 Å². The molecule has 0 saturated heterocycles. The smallest absolute Gasteiger partial charge is 0.261 e. The van der Waals surface area contributed by atoms with E-state index in [9.17, 15) is 13.6 Å². The number of nitrogens with one attached hydrogen (secondary N) is 1. The number of ether oxygens (including phenoxy) is 1. The standard InChI is InChI=1S/C15H10BrF2NO2/c16-9-6-11(17)14(12(18)7-9)15(20)19-10-1-2-13-8(5-10)3-4-21-13/h1-2,5-7H,3-4H2,(H,19,20). The first-order chi connectivity index (χ1) is 10.0. The summed E-state index contributed by atoms with van der Waals surface area (Å²) in [7, 11) is 0. The Balaban J connectivity index is 1.87. The van der Waals surface area contributed by atoms with Gasteiger partial charge in [0.05, 0.1) is 6.61 Å². The molecule has 0 radical (unpaired) electrons. The maximum absolute atomic E-state index is 13.7. The molecule has 0 saturated carbocycles. The summed E-state index contributed by atoms with van der Waals surface area (Å²) in [5.41, 5.74) is 0.838. The van der Waals surface area contributed by atoms with Gasteiger partial charge in [-0.15, -0.1) is 0 Å². The lowest BCUT2D eigenvalue weighted by atomic mass is 10.1. The summed E-state index contributed by atoms with van der Waals surface area (Å²) in [6.45, 7) is 0.600. The number of rotatable bonds is 2. The Labute approximate surface area is 128 Å². The van der Waals surface area contributed by atoms with Crippen LogP contribution in [0.2, 0.25) is 0 Å². The SMILES string of the molecule is O=C(Nc1ccc2c(c1)CCO2)c1c(F)cc(Br)cc1F. The van der Waals surface area contributed by atoms with Crippen LogP contribution in [0.3, 0.4) is 0 Å². The zero-order valence-corrected chi connectivity index (χ0v) is 12.3. The van der Waals surface area contributed by atoms with E-state index in [-0.39, 0.29) is 4.47 Å². The lowest BCUT2D eigenvalue weighted by Crippen LogP contribution is -2.16. The highest BCUT2D eigenvalue weighted by Crippen LogP contribution is 2.28. The fraction of sp³-hybridized carbons (Fsp3) is 0.133. The number of fused-ring (bicyclic) bond motifs is 1. The quantitative estimate of drug-likeness (QED) is 0.888. The van der Waals surface area contributed by atoms with Crippen molar-refractivity contribution < 1.29 is 18.3 Å². The minimum Gasteiger partial charge on any atom is -0.493 e. The van der Waals surface area contributed by atoms with Crippen LogP contribution in [0.5, 0.6) is 5.75 Å². The molecule has 1 N–H and O–H groups in total. The summed E-state index contributed by atoms with van der Waals surface area (Å²) < 4.78 is 33.1. The van der Waals surface area contributed by atoms with Crippen LogP contribution in [0.1, 0.15) is 15.9 Å². The predicted molar refractivity (Wildman–Crippen MR) is 77.7 cm³/mol. The molecule has 0 atom stereocenters. The molecule has 6 heteroatoms. The molecular formula is C15H10BrF2NO2. The van der Waals surface area contributed by atoms with Gasteiger partial charge in [0, 0.05) is 16.6 Å². The average molecular weight is 354 g/mol. The number of benzene rings is 2. The van der Waals surface area contributed by atoms with Crippen molar-refractivity contribution in [2.24, 2.45) is 0 Å². The third-order valence-corrected chi connectivity index (χ3v) is 3.64. The minimum atomic E-state index is -0.913. The van der Waals surface area contributed by atoms with Crippen molar-refractivity contribution in [1.29, 1.82) is 0 Å². The Morgan fingerprint density at radius 2 is 1.90 bits per heavy atom. The number of carbonyl (C=O) groups excluding carboxylic acids is 1. The van der Waals surface area contributed by atoms with E-state index < -0.39 is 23.1 Å². The fourth-order valence-electron chi connectivity index (χ4n) is 2.22. The molecule has 3 rings (SSSR count). The summed E-state index contributed by atoms with van der Waals surface area (Å²) in [6.07, 6.45) is 0.750. The molecule has 2 aromatic carbocycles. The van der Waals surface area contributed by atoms with Crippen LogP contribution in [0.25, 0.3) is 0 Å². The molecule has 2 aromatic rings. The lowest BCUT2D eigenvalue weighted by Gasteiger charge is -2.09. The van der Waals surface area contributed by atoms with Crippen molar-refractivity contribution in [2.45, 2.75) is 6.42 Å². The maximum Gasteiger partial charge on any atom is 0.261 e. The van der Waals surface area contributed by atoms with Crippen LogP contribution in [0.15, 0.2) is 34.8 Å². The Bertz CT molecular complexity index is 711. The molecule has 0 bridgehead atoms. The fourth-order valence-corrected chi connectivity index (χ4v) is 2.62. The Hall–Kier alpha value is -1.95. The van der Waals surface area contributed by atoms with Crippen LogP contribution < -0.4 is 10.1 Å². The largest absolute Gasteiger partial charge is 0.493 e. The summed E-state index contributed by atoms with van der Waals surface area (Å²) in [5.74, 6) is -1.88. The van der Waals surface area contributed by atoms with Gasteiger partial charge in [-0.05, 0) is 35.9 Å². The van der Waals surface area contributed by atoms with E-state index in [4.69, 9.17) is 4.74 Å². The van der Waals surface area contributed by atoms with Gasteiger partial charge in [-0.2, -0.15) is 0 Å². The minimum absolute atomic E-state index is 0.240. The van der Waals surface area contributed by atoms with Gasteiger partial charge in [-0.1, -0.05) is 15.9 Å². The van der Waals surface area contributed by atoms with E-state index >= 15 is 0 Å². The molecule has 0 aromatic heterocycles. The van der Waals surface area contributed by atoms with Crippen molar-refractivity contribution in [3.05, 3.63) is 57.6 Å². The maximum atomic E-state index is 13.7. The van der Waals surface area contributed by atoms with E-state index in [0.29, 0.717) is 12.3 Å². The lowest BCUT2D eigenvalue weighted by molar-refractivity contribution is 0.101. The zero-order valence-electron chi connectivity index (χ0n) is 10.8. The van der Waals surface area contributed by atoms with Crippen LogP contribution in [0.4, 0.5) is 14.5 Å². The number of carbonyl (C=O) groups is 1. The average Bonchev–Trinajstić information content (AvgIpc) is 2.84. The summed E-state index contributed by atoms with van der Waals surface area (Å²) >= 11 is 2.97. The van der Waals surface area contributed by atoms with Gasteiger partial charge in [0.1, 0.15) is 22.9 Å². The zero-order chi connectivity index (χ0) is 15.0. The second-order valence-electron chi connectivity index (χ2n) is 4.62. The first kappa shape index (κ1) is 14.0. The Morgan fingerprint density at radius 1 is 1.19 bits per heavy atom. The molecule has 21 heavy (non-hydrogen) atoms. The van der Waals surface area contributed by atoms with Gasteiger partial charge in [0.15, 0.2) is 0 Å². The molecule has 3 nitrogen and oxygen atoms in total. The first-order valence-corrected chi connectivity index (χ1v) is 7.05. The molecule has 1 aliphatic rings. The number of hydrogen-bond acceptors (Lipinski definition) is 2. The molecule has 0 spiro atoms. The number of hydrogen-bond donors (Lipinski definition) is 1. The molecule has 0 unspecified atom stereocenters. The van der Waals surface area contributed by atoms with Gasteiger partial charge in [0.2, 0.25) is 0 Å². The molecule has 1 heterocycles. The molecule has 0 aliphatic carbocycles. The molecule has 108 valence electrons. The van der Waals surface area contributed by atoms with Gasteiger partial charge < -0.3 is 10.1 Å². The summed E-state index contributed by atoms with van der Waals surface area (Å²) in [6, 6.07) is 7.21. The third kappa shape index (κ3) is 2.76. The van der Waals surface area contributed by atoms with Gasteiger partial charge in [-0.3, -0.25) is 4.79 Å². The van der Waals surface area contributed by atoms with E-state index in [1.807, 2.05) is 0 Å². The predicted octanol–water partition coefficient (Wildman–Crippen LogP) is 3.91. The monoisotopic (exact) mass is 353 g/mol. The van der Waals surface area contributed by atoms with Gasteiger partial charge >= 0.3 is 0 Å². The number of amides is 1. The Kier molecular flexibility index (Phi) is 3.63. The molecule has 1 aliphatic heterocycles. The third-order valence-electron chi connectivity index (χ3n) is 3.18. The number of halogens is 3. The van der Waals surface area contributed by atoms with Gasteiger partial charge in [-0.25, -0.2) is 8.78 Å². The van der Waals surface area contributed by atoms with Crippen LogP contribution in [0, 0.1) is 11.6 Å². The van der Waals surface area contributed by atoms with Crippen molar-refractivity contribution in [2.75, 3.05) is 11.9 Å². The van der Waals surface area contributed by atoms with E-state index in [1.54, 1.807) is 18.2 Å². The summed E-state index contributed by atoms with van der Waals surface area (Å²) in [4.78, 5) is 12.0. The van der Waals surface area contributed by atoms with E-state index in [2.05, 4.69) is 21.2 Å². The normalized spacial score (nSPS) is 12.7. The molecule has 0 fully saturated rings. The van der Waals surface area contributed by atoms with E-state index in [1.165, 1.54) is 0 Å². The van der Waals surface area contributed by atoms with Crippen molar-refractivity contribution in [3.8, 4) is 5.75 Å². The van der Waals surface area contributed by atoms with Gasteiger partial charge in [0.25, 0.3) is 5.91 Å². The first-order valence-electron chi connectivity index (χ1n) is 6.26. The van der Waals surface area contributed by atoms with Crippen molar-refractivity contribution in [3.63, 3.8) is 0 Å².